The Morgan fingerprint density at radius 1 is 0.528 bits per heavy atom. The van der Waals surface area contributed by atoms with E-state index in [1.54, 1.807) is 0 Å². The van der Waals surface area contributed by atoms with Crippen molar-refractivity contribution in [2.75, 3.05) is 0 Å². The van der Waals surface area contributed by atoms with Gasteiger partial charge in [0.05, 0.1) is 16.6 Å². The van der Waals surface area contributed by atoms with Gasteiger partial charge in [-0.3, -0.25) is 4.98 Å². The molecule has 0 saturated carbocycles. The third-order valence-electron chi connectivity index (χ3n) is 7.36. The van der Waals surface area contributed by atoms with Crippen LogP contribution in [-0.2, 0) is 0 Å². The summed E-state index contributed by atoms with van der Waals surface area (Å²) in [6, 6.07) is 41.3. The minimum absolute atomic E-state index is 1.00. The van der Waals surface area contributed by atoms with Crippen LogP contribution in [0.25, 0.3) is 71.3 Å². The normalized spacial score (nSPS) is 11.9. The second-order valence-corrected chi connectivity index (χ2v) is 9.40. The van der Waals surface area contributed by atoms with Crippen molar-refractivity contribution in [3.8, 4) is 16.8 Å². The molecule has 5 aromatic carbocycles. The van der Waals surface area contributed by atoms with Gasteiger partial charge in [-0.1, -0.05) is 60.7 Å². The highest BCUT2D eigenvalue weighted by Crippen LogP contribution is 2.36. The van der Waals surface area contributed by atoms with E-state index in [4.69, 9.17) is 0 Å². The average molecular weight is 460 g/mol. The first-order chi connectivity index (χ1) is 17.8. The van der Waals surface area contributed by atoms with Crippen LogP contribution in [0, 0.1) is 0 Å². The molecular formula is C33H21N3. The fourth-order valence-corrected chi connectivity index (χ4v) is 5.65. The Morgan fingerprint density at radius 2 is 1.28 bits per heavy atom. The van der Waals surface area contributed by atoms with Gasteiger partial charge in [-0.15, -0.1) is 0 Å². The first kappa shape index (κ1) is 19.4. The van der Waals surface area contributed by atoms with Crippen molar-refractivity contribution in [2.45, 2.75) is 0 Å². The van der Waals surface area contributed by atoms with Crippen molar-refractivity contribution in [2.24, 2.45) is 0 Å². The minimum Gasteiger partial charge on any atom is -0.355 e. The van der Waals surface area contributed by atoms with Crippen molar-refractivity contribution < 1.29 is 0 Å². The van der Waals surface area contributed by atoms with Crippen molar-refractivity contribution in [1.82, 2.24) is 14.5 Å². The molecular weight excluding hydrogens is 438 g/mol. The van der Waals surface area contributed by atoms with Gasteiger partial charge in [-0.25, -0.2) is 0 Å². The molecule has 0 spiro atoms. The van der Waals surface area contributed by atoms with Crippen LogP contribution >= 0.6 is 0 Å². The Bertz CT molecular complexity index is 2110. The Morgan fingerprint density at radius 3 is 2.22 bits per heavy atom. The highest BCUT2D eigenvalue weighted by Gasteiger charge is 2.14. The van der Waals surface area contributed by atoms with Gasteiger partial charge >= 0.3 is 0 Å². The molecule has 3 heteroatoms. The number of pyridine rings is 1. The highest BCUT2D eigenvalue weighted by molar-refractivity contribution is 6.12. The van der Waals surface area contributed by atoms with Gasteiger partial charge < -0.3 is 9.55 Å². The SMILES string of the molecule is c1cnc2cc(-n3c4ccccc4c4cc(-c5ccc6[nH]c7ccccc7c6c5)ccc43)ccc2c1. The molecule has 3 nitrogen and oxygen atoms in total. The molecule has 0 bridgehead atoms. The Kier molecular flexibility index (Phi) is 3.94. The molecule has 0 saturated heterocycles. The predicted octanol–water partition coefficient (Wildman–Crippen LogP) is 8.63. The summed E-state index contributed by atoms with van der Waals surface area (Å²) in [5, 5.41) is 6.18. The van der Waals surface area contributed by atoms with Crippen LogP contribution in [0.2, 0.25) is 0 Å². The number of nitrogens with zero attached hydrogens (tertiary/aromatic N) is 2. The summed E-state index contributed by atoms with van der Waals surface area (Å²) in [4.78, 5) is 8.13. The molecule has 1 N–H and O–H groups in total. The van der Waals surface area contributed by atoms with Gasteiger partial charge in [0, 0.05) is 49.8 Å². The van der Waals surface area contributed by atoms with Gasteiger partial charge in [0.2, 0.25) is 0 Å². The molecule has 3 heterocycles. The van der Waals surface area contributed by atoms with Crippen LogP contribution in [0.3, 0.4) is 0 Å². The number of H-pyrrole nitrogens is 1. The minimum atomic E-state index is 1.00. The summed E-state index contributed by atoms with van der Waals surface area (Å²) in [7, 11) is 0. The van der Waals surface area contributed by atoms with Crippen LogP contribution in [0.15, 0.2) is 121 Å². The fourth-order valence-electron chi connectivity index (χ4n) is 5.65. The molecule has 0 amide bonds. The van der Waals surface area contributed by atoms with E-state index < -0.39 is 0 Å². The van der Waals surface area contributed by atoms with Crippen molar-refractivity contribution in [1.29, 1.82) is 0 Å². The number of fused-ring (bicyclic) bond motifs is 7. The third kappa shape index (κ3) is 2.77. The summed E-state index contributed by atoms with van der Waals surface area (Å²) >= 11 is 0. The second kappa shape index (κ2) is 7.30. The maximum Gasteiger partial charge on any atom is 0.0722 e. The van der Waals surface area contributed by atoms with E-state index in [1.165, 1.54) is 54.7 Å². The van der Waals surface area contributed by atoms with Gasteiger partial charge in [0.1, 0.15) is 0 Å². The molecule has 3 aromatic heterocycles. The number of rotatable bonds is 2. The Hall–Kier alpha value is -4.89. The standard InChI is InChI=1S/C33H21N3/c1-3-9-29-25(7-1)27-18-22(12-15-30(27)35-29)23-13-16-33-28(19-23)26-8-2-4-10-32(26)36(33)24-14-11-21-6-5-17-34-31(21)20-24/h1-20,35H. The largest absolute Gasteiger partial charge is 0.355 e. The lowest BCUT2D eigenvalue weighted by Gasteiger charge is -2.09. The quantitative estimate of drug-likeness (QED) is 0.276. The number of aromatic nitrogens is 3. The van der Waals surface area contributed by atoms with E-state index in [0.717, 1.165) is 16.6 Å². The number of aromatic amines is 1. The first-order valence-electron chi connectivity index (χ1n) is 12.2. The third-order valence-corrected chi connectivity index (χ3v) is 7.36. The van der Waals surface area contributed by atoms with Crippen molar-refractivity contribution in [3.05, 3.63) is 121 Å². The van der Waals surface area contributed by atoms with Crippen molar-refractivity contribution >= 4 is 54.5 Å². The zero-order chi connectivity index (χ0) is 23.6. The molecule has 8 aromatic rings. The smallest absolute Gasteiger partial charge is 0.0722 e. The predicted molar refractivity (Wildman–Crippen MR) is 151 cm³/mol. The van der Waals surface area contributed by atoms with E-state index >= 15 is 0 Å². The van der Waals surface area contributed by atoms with Crippen LogP contribution < -0.4 is 0 Å². The first-order valence-corrected chi connectivity index (χ1v) is 12.2. The van der Waals surface area contributed by atoms with E-state index in [1.807, 2.05) is 12.3 Å². The lowest BCUT2D eigenvalue weighted by molar-refractivity contribution is 1.18. The zero-order valence-corrected chi connectivity index (χ0v) is 19.4. The average Bonchev–Trinajstić information content (AvgIpc) is 3.48. The zero-order valence-electron chi connectivity index (χ0n) is 19.4. The number of para-hydroxylation sites is 2. The van der Waals surface area contributed by atoms with Crippen molar-refractivity contribution in [3.63, 3.8) is 0 Å². The van der Waals surface area contributed by atoms with Gasteiger partial charge in [-0.2, -0.15) is 0 Å². The van der Waals surface area contributed by atoms with Crippen LogP contribution in [0.5, 0.6) is 0 Å². The monoisotopic (exact) mass is 459 g/mol. The maximum atomic E-state index is 4.59. The molecule has 168 valence electrons. The van der Waals surface area contributed by atoms with Crippen LogP contribution in [0.1, 0.15) is 0 Å². The summed E-state index contributed by atoms with van der Waals surface area (Å²) in [6.07, 6.45) is 1.86. The second-order valence-electron chi connectivity index (χ2n) is 9.40. The van der Waals surface area contributed by atoms with Gasteiger partial charge in [-0.05, 0) is 65.7 Å². The molecule has 0 atom stereocenters. The molecule has 0 radical (unpaired) electrons. The molecule has 36 heavy (non-hydrogen) atoms. The van der Waals surface area contributed by atoms with E-state index in [2.05, 4.69) is 124 Å². The number of hydrogen-bond acceptors (Lipinski definition) is 1. The number of benzene rings is 5. The topological polar surface area (TPSA) is 33.6 Å². The lowest BCUT2D eigenvalue weighted by Crippen LogP contribution is -1.94. The summed E-state index contributed by atoms with van der Waals surface area (Å²) in [5.74, 6) is 0. The molecule has 8 rings (SSSR count). The fraction of sp³-hybridized carbons (Fsp3) is 0. The van der Waals surface area contributed by atoms with E-state index in [-0.39, 0.29) is 0 Å². The Labute approximate surface area is 207 Å². The molecule has 0 aliphatic carbocycles. The molecule has 0 aliphatic heterocycles. The Balaban J connectivity index is 1.36. The van der Waals surface area contributed by atoms with E-state index in [9.17, 15) is 0 Å². The highest BCUT2D eigenvalue weighted by atomic mass is 15.0. The van der Waals surface area contributed by atoms with Gasteiger partial charge in [0.25, 0.3) is 0 Å². The molecule has 0 aliphatic rings. The van der Waals surface area contributed by atoms with Crippen LogP contribution in [0.4, 0.5) is 0 Å². The number of nitrogens with one attached hydrogen (secondary N) is 1. The number of hydrogen-bond donors (Lipinski definition) is 1. The molecule has 0 fully saturated rings. The lowest BCUT2D eigenvalue weighted by atomic mass is 10.0. The summed E-state index contributed by atoms with van der Waals surface area (Å²) in [6.45, 7) is 0. The van der Waals surface area contributed by atoms with E-state index in [0.29, 0.717) is 0 Å². The van der Waals surface area contributed by atoms with Crippen LogP contribution in [-0.4, -0.2) is 14.5 Å². The summed E-state index contributed by atoms with van der Waals surface area (Å²) < 4.78 is 2.35. The maximum absolute atomic E-state index is 4.59. The van der Waals surface area contributed by atoms with Gasteiger partial charge in [0.15, 0.2) is 0 Å². The summed E-state index contributed by atoms with van der Waals surface area (Å²) in [5.41, 5.74) is 9.31. The molecule has 0 unspecified atom stereocenters.